The molecule has 0 saturated heterocycles. The maximum atomic E-state index is 10.9. The Morgan fingerprint density at radius 2 is 1.94 bits per heavy atom. The number of aromatic carboxylic acids is 1. The lowest BCUT2D eigenvalue weighted by atomic mass is 10.2. The predicted octanol–water partition coefficient (Wildman–Crippen LogP) is 2.86. The van der Waals surface area contributed by atoms with Gasteiger partial charge in [-0.05, 0) is 36.8 Å². The number of carboxylic acids is 1. The summed E-state index contributed by atoms with van der Waals surface area (Å²) < 4.78 is 0. The summed E-state index contributed by atoms with van der Waals surface area (Å²) >= 11 is 0. The van der Waals surface area contributed by atoms with Crippen molar-refractivity contribution >= 4 is 17.5 Å². The Morgan fingerprint density at radius 3 is 2.61 bits per heavy atom. The number of rotatable bonds is 3. The SMILES string of the molecule is Cc1cccc(N(C)c2cccc(C(=O)O)n2)c1. The van der Waals surface area contributed by atoms with Gasteiger partial charge in [0, 0.05) is 12.7 Å². The minimum absolute atomic E-state index is 0.0482. The molecule has 1 N–H and O–H groups in total. The van der Waals surface area contributed by atoms with Gasteiger partial charge in [0.2, 0.25) is 0 Å². The summed E-state index contributed by atoms with van der Waals surface area (Å²) in [5.41, 5.74) is 2.17. The summed E-state index contributed by atoms with van der Waals surface area (Å²) in [5, 5.41) is 8.92. The third-order valence-corrected chi connectivity index (χ3v) is 2.69. The summed E-state index contributed by atoms with van der Waals surface area (Å²) in [7, 11) is 1.86. The van der Waals surface area contributed by atoms with Crippen molar-refractivity contribution in [3.05, 3.63) is 53.7 Å². The maximum absolute atomic E-state index is 10.9. The monoisotopic (exact) mass is 242 g/mol. The predicted molar refractivity (Wildman–Crippen MR) is 70.4 cm³/mol. The zero-order valence-corrected chi connectivity index (χ0v) is 10.3. The third-order valence-electron chi connectivity index (χ3n) is 2.69. The topological polar surface area (TPSA) is 53.4 Å². The summed E-state index contributed by atoms with van der Waals surface area (Å²) in [6.45, 7) is 2.01. The molecule has 1 aromatic heterocycles. The first kappa shape index (κ1) is 12.1. The van der Waals surface area contributed by atoms with E-state index < -0.39 is 5.97 Å². The molecular formula is C14H14N2O2. The van der Waals surface area contributed by atoms with Gasteiger partial charge in [-0.2, -0.15) is 0 Å². The molecule has 1 aromatic carbocycles. The molecule has 0 spiro atoms. The smallest absolute Gasteiger partial charge is 0.354 e. The van der Waals surface area contributed by atoms with Gasteiger partial charge in [-0.3, -0.25) is 0 Å². The number of carboxylic acid groups (broad SMARTS) is 1. The van der Waals surface area contributed by atoms with Crippen LogP contribution in [0.15, 0.2) is 42.5 Å². The van der Waals surface area contributed by atoms with E-state index in [1.807, 2.05) is 43.1 Å². The fourth-order valence-corrected chi connectivity index (χ4v) is 1.70. The average molecular weight is 242 g/mol. The maximum Gasteiger partial charge on any atom is 0.354 e. The van der Waals surface area contributed by atoms with E-state index >= 15 is 0 Å². The van der Waals surface area contributed by atoms with Crippen molar-refractivity contribution in [3.63, 3.8) is 0 Å². The molecule has 0 amide bonds. The quantitative estimate of drug-likeness (QED) is 0.899. The number of benzene rings is 1. The molecule has 0 bridgehead atoms. The molecule has 0 radical (unpaired) electrons. The van der Waals surface area contributed by atoms with Crippen molar-refractivity contribution in [2.24, 2.45) is 0 Å². The van der Waals surface area contributed by atoms with Crippen LogP contribution in [0.3, 0.4) is 0 Å². The highest BCUT2D eigenvalue weighted by Crippen LogP contribution is 2.22. The molecule has 2 rings (SSSR count). The number of aromatic nitrogens is 1. The van der Waals surface area contributed by atoms with Crippen molar-refractivity contribution in [1.29, 1.82) is 0 Å². The van der Waals surface area contributed by atoms with Crippen molar-refractivity contribution in [3.8, 4) is 0 Å². The van der Waals surface area contributed by atoms with E-state index in [1.165, 1.54) is 6.07 Å². The summed E-state index contributed by atoms with van der Waals surface area (Å²) in [6, 6.07) is 12.9. The fourth-order valence-electron chi connectivity index (χ4n) is 1.70. The largest absolute Gasteiger partial charge is 0.477 e. The van der Waals surface area contributed by atoms with Gasteiger partial charge in [-0.25, -0.2) is 9.78 Å². The summed E-state index contributed by atoms with van der Waals surface area (Å²) in [5.74, 6) is -0.407. The molecule has 1 heterocycles. The van der Waals surface area contributed by atoms with E-state index in [4.69, 9.17) is 5.11 Å². The first-order valence-corrected chi connectivity index (χ1v) is 5.58. The van der Waals surface area contributed by atoms with Crippen LogP contribution in [-0.2, 0) is 0 Å². The van der Waals surface area contributed by atoms with Crippen LogP contribution in [0.2, 0.25) is 0 Å². The van der Waals surface area contributed by atoms with Gasteiger partial charge < -0.3 is 10.0 Å². The van der Waals surface area contributed by atoms with Gasteiger partial charge in [-0.1, -0.05) is 18.2 Å². The number of carbonyl (C=O) groups is 1. The molecule has 0 aliphatic heterocycles. The molecule has 2 aromatic rings. The number of aryl methyl sites for hydroxylation is 1. The number of anilines is 2. The van der Waals surface area contributed by atoms with Gasteiger partial charge in [0.1, 0.15) is 5.82 Å². The van der Waals surface area contributed by atoms with Gasteiger partial charge in [0.15, 0.2) is 5.69 Å². The summed E-state index contributed by atoms with van der Waals surface area (Å²) in [4.78, 5) is 16.9. The standard InChI is InChI=1S/C14H14N2O2/c1-10-5-3-6-11(9-10)16(2)13-8-4-7-12(15-13)14(17)18/h3-9H,1-2H3,(H,17,18). The lowest BCUT2D eigenvalue weighted by molar-refractivity contribution is 0.0690. The van der Waals surface area contributed by atoms with Crippen LogP contribution in [0.1, 0.15) is 16.1 Å². The Hall–Kier alpha value is -2.36. The third kappa shape index (κ3) is 2.48. The van der Waals surface area contributed by atoms with E-state index in [-0.39, 0.29) is 5.69 Å². The van der Waals surface area contributed by atoms with Crippen LogP contribution < -0.4 is 4.90 Å². The van der Waals surface area contributed by atoms with E-state index in [9.17, 15) is 4.79 Å². The highest BCUT2D eigenvalue weighted by molar-refractivity contribution is 5.86. The Kier molecular flexibility index (Phi) is 3.28. The number of hydrogen-bond donors (Lipinski definition) is 1. The Labute approximate surface area is 106 Å². The second kappa shape index (κ2) is 4.87. The first-order chi connectivity index (χ1) is 8.58. The van der Waals surface area contributed by atoms with Crippen LogP contribution in [0, 0.1) is 6.92 Å². The minimum Gasteiger partial charge on any atom is -0.477 e. The van der Waals surface area contributed by atoms with Gasteiger partial charge in [0.05, 0.1) is 0 Å². The highest BCUT2D eigenvalue weighted by atomic mass is 16.4. The average Bonchev–Trinajstić information content (AvgIpc) is 2.38. The number of pyridine rings is 1. The Balaban J connectivity index is 2.36. The fraction of sp³-hybridized carbons (Fsp3) is 0.143. The zero-order chi connectivity index (χ0) is 13.1. The van der Waals surface area contributed by atoms with Gasteiger partial charge in [-0.15, -0.1) is 0 Å². The summed E-state index contributed by atoms with van der Waals surface area (Å²) in [6.07, 6.45) is 0. The van der Waals surface area contributed by atoms with E-state index in [1.54, 1.807) is 12.1 Å². The van der Waals surface area contributed by atoms with Gasteiger partial charge in [0.25, 0.3) is 0 Å². The molecule has 4 nitrogen and oxygen atoms in total. The van der Waals surface area contributed by atoms with Crippen molar-refractivity contribution in [2.75, 3.05) is 11.9 Å². The normalized spacial score (nSPS) is 10.1. The molecule has 0 fully saturated rings. The lowest BCUT2D eigenvalue weighted by Crippen LogP contribution is -2.13. The van der Waals surface area contributed by atoms with Crippen LogP contribution in [0.25, 0.3) is 0 Å². The highest BCUT2D eigenvalue weighted by Gasteiger charge is 2.09. The van der Waals surface area contributed by atoms with E-state index in [0.29, 0.717) is 5.82 Å². The molecule has 92 valence electrons. The molecule has 18 heavy (non-hydrogen) atoms. The van der Waals surface area contributed by atoms with Gasteiger partial charge >= 0.3 is 5.97 Å². The van der Waals surface area contributed by atoms with E-state index in [0.717, 1.165) is 11.3 Å². The van der Waals surface area contributed by atoms with Crippen LogP contribution in [0.5, 0.6) is 0 Å². The second-order valence-electron chi connectivity index (χ2n) is 4.08. The van der Waals surface area contributed by atoms with Crippen LogP contribution in [-0.4, -0.2) is 23.1 Å². The molecule has 0 aliphatic carbocycles. The number of nitrogens with zero attached hydrogens (tertiary/aromatic N) is 2. The first-order valence-electron chi connectivity index (χ1n) is 5.58. The van der Waals surface area contributed by atoms with Crippen molar-refractivity contribution in [1.82, 2.24) is 4.98 Å². The molecule has 0 unspecified atom stereocenters. The molecule has 0 saturated carbocycles. The van der Waals surface area contributed by atoms with E-state index in [2.05, 4.69) is 4.98 Å². The Bertz CT molecular complexity index is 582. The molecule has 0 aliphatic rings. The lowest BCUT2D eigenvalue weighted by Gasteiger charge is -2.18. The molecule has 0 atom stereocenters. The Morgan fingerprint density at radius 1 is 1.22 bits per heavy atom. The number of hydrogen-bond acceptors (Lipinski definition) is 3. The molecular weight excluding hydrogens is 228 g/mol. The molecule has 4 heteroatoms. The minimum atomic E-state index is -1.02. The zero-order valence-electron chi connectivity index (χ0n) is 10.3. The van der Waals surface area contributed by atoms with Crippen molar-refractivity contribution in [2.45, 2.75) is 6.92 Å². The van der Waals surface area contributed by atoms with Crippen LogP contribution in [0.4, 0.5) is 11.5 Å². The van der Waals surface area contributed by atoms with Crippen LogP contribution >= 0.6 is 0 Å². The van der Waals surface area contributed by atoms with Crippen molar-refractivity contribution < 1.29 is 9.90 Å². The second-order valence-corrected chi connectivity index (χ2v) is 4.08.